The Bertz CT molecular complexity index is 1910. The van der Waals surface area contributed by atoms with E-state index in [2.05, 4.69) is 101 Å². The summed E-state index contributed by atoms with van der Waals surface area (Å²) < 4.78 is 7.49. The normalized spacial score (nSPS) is 37.4. The van der Waals surface area contributed by atoms with Crippen molar-refractivity contribution in [2.45, 2.75) is 118 Å². The number of carbonyl (C=O) groups excluding carboxylic acids is 2. The first-order valence-electron chi connectivity index (χ1n) is 20.5. The summed E-state index contributed by atoms with van der Waals surface area (Å²) in [5.74, 6) is 1.80. The van der Waals surface area contributed by atoms with E-state index in [1.807, 2.05) is 30.3 Å². The summed E-state index contributed by atoms with van der Waals surface area (Å²) in [5, 5.41) is 8.35. The van der Waals surface area contributed by atoms with Gasteiger partial charge in [0, 0.05) is 11.8 Å². The fourth-order valence-corrected chi connectivity index (χ4v) is 13.7. The van der Waals surface area contributed by atoms with Crippen LogP contribution in [0.5, 0.6) is 0 Å². The number of benzene rings is 2. The van der Waals surface area contributed by atoms with Crippen LogP contribution in [0.15, 0.2) is 78.5 Å². The minimum absolute atomic E-state index is 0.00586. The quantitative estimate of drug-likeness (QED) is 0.204. The summed E-state index contributed by atoms with van der Waals surface area (Å²) in [5.41, 5.74) is 6.18. The van der Waals surface area contributed by atoms with E-state index in [1.54, 1.807) is 5.57 Å². The lowest BCUT2D eigenvalue weighted by Gasteiger charge is -2.71. The van der Waals surface area contributed by atoms with E-state index < -0.39 is 11.5 Å². The Hall–Kier alpha value is -3.67. The summed E-state index contributed by atoms with van der Waals surface area (Å²) in [6.07, 6.45) is 13.5. The van der Waals surface area contributed by atoms with Gasteiger partial charge >= 0.3 is 5.97 Å². The number of esters is 1. The van der Waals surface area contributed by atoms with Gasteiger partial charge in [-0.3, -0.25) is 4.79 Å². The minimum Gasteiger partial charge on any atom is -0.467 e. The number of fused-ring (bicyclic) bond motifs is 8. The Morgan fingerprint density at radius 2 is 1.60 bits per heavy atom. The van der Waals surface area contributed by atoms with Gasteiger partial charge in [0.2, 0.25) is 5.91 Å². The van der Waals surface area contributed by atoms with E-state index in [4.69, 9.17) is 9.84 Å². The number of para-hydroxylation sites is 1. The number of rotatable bonds is 6. The van der Waals surface area contributed by atoms with Gasteiger partial charge in [0.05, 0.1) is 30.1 Å². The summed E-state index contributed by atoms with van der Waals surface area (Å²) in [6.45, 7) is 17.6. The number of nitrogens with one attached hydrogen (secondary N) is 1. The van der Waals surface area contributed by atoms with Crippen LogP contribution in [-0.2, 0) is 32.6 Å². The van der Waals surface area contributed by atoms with E-state index in [1.165, 1.54) is 31.2 Å². The molecule has 6 heteroatoms. The van der Waals surface area contributed by atoms with Crippen LogP contribution in [0, 0.1) is 51.2 Å². The van der Waals surface area contributed by atoms with Gasteiger partial charge in [-0.25, -0.2) is 9.48 Å². The summed E-state index contributed by atoms with van der Waals surface area (Å²) in [4.78, 5) is 28.1. The Morgan fingerprint density at radius 1 is 0.906 bits per heavy atom. The molecule has 1 heterocycles. The van der Waals surface area contributed by atoms with Crippen LogP contribution in [0.4, 0.5) is 0 Å². The van der Waals surface area contributed by atoms with Gasteiger partial charge < -0.3 is 10.1 Å². The van der Waals surface area contributed by atoms with Crippen LogP contribution < -0.4 is 5.32 Å². The molecule has 1 unspecified atom stereocenters. The average molecular weight is 716 g/mol. The molecule has 5 aliphatic carbocycles. The summed E-state index contributed by atoms with van der Waals surface area (Å²) in [7, 11) is 1.42. The Labute approximate surface area is 317 Å². The highest BCUT2D eigenvalue weighted by Crippen LogP contribution is 2.75. The molecule has 282 valence electrons. The molecule has 0 radical (unpaired) electrons. The molecule has 8 rings (SSSR count). The van der Waals surface area contributed by atoms with Gasteiger partial charge in [-0.05, 0) is 120 Å². The van der Waals surface area contributed by atoms with Gasteiger partial charge in [0.1, 0.15) is 6.04 Å². The minimum atomic E-state index is -0.712. The van der Waals surface area contributed by atoms with Crippen LogP contribution in [0.3, 0.4) is 0 Å². The molecule has 1 aromatic heterocycles. The van der Waals surface area contributed by atoms with Crippen molar-refractivity contribution < 1.29 is 14.3 Å². The van der Waals surface area contributed by atoms with Crippen molar-refractivity contribution in [1.82, 2.24) is 15.1 Å². The molecule has 1 N–H and O–H groups in total. The first kappa shape index (κ1) is 36.3. The van der Waals surface area contributed by atoms with Crippen LogP contribution in [0.2, 0.25) is 0 Å². The second-order valence-corrected chi connectivity index (χ2v) is 19.2. The molecular weight excluding hydrogens is 655 g/mol. The molecule has 6 nitrogen and oxygen atoms in total. The molecule has 0 aliphatic heterocycles. The van der Waals surface area contributed by atoms with Crippen LogP contribution >= 0.6 is 0 Å². The maximum atomic E-state index is 14.9. The van der Waals surface area contributed by atoms with Gasteiger partial charge in [-0.15, -0.1) is 0 Å². The van der Waals surface area contributed by atoms with E-state index in [0.29, 0.717) is 30.1 Å². The molecule has 5 aliphatic rings. The third-order valence-corrected chi connectivity index (χ3v) is 16.7. The molecule has 3 aromatic rings. The number of methoxy groups -OCH3 is 1. The largest absolute Gasteiger partial charge is 0.467 e. The molecule has 0 bridgehead atoms. The molecule has 10 atom stereocenters. The fraction of sp³-hybridized carbons (Fsp3) is 0.596. The van der Waals surface area contributed by atoms with Gasteiger partial charge in [0.25, 0.3) is 0 Å². The molecule has 0 spiro atoms. The number of hydrogen-bond acceptors (Lipinski definition) is 4. The zero-order valence-electron chi connectivity index (χ0n) is 33.4. The van der Waals surface area contributed by atoms with Crippen molar-refractivity contribution in [3.05, 3.63) is 95.3 Å². The van der Waals surface area contributed by atoms with Gasteiger partial charge in [0.15, 0.2) is 0 Å². The molecule has 1 amide bonds. The Balaban J connectivity index is 1.15. The van der Waals surface area contributed by atoms with Gasteiger partial charge in [-0.1, -0.05) is 109 Å². The molecule has 2 aromatic carbocycles. The van der Waals surface area contributed by atoms with Gasteiger partial charge in [-0.2, -0.15) is 5.10 Å². The van der Waals surface area contributed by atoms with Crippen molar-refractivity contribution in [2.75, 3.05) is 7.11 Å². The standard InChI is InChI=1S/C47H61N3O3/c1-30-21-24-47(42(52)49-36(41(51)53-8)27-32-15-11-9-12-16-32)26-25-45(6)35(39(47)31(30)2)19-20-38-44(5)28-33-29-48-50(34-17-13-10-14-18-34)40(33)43(3,4)37(44)22-23-46(38,45)7/h9-19,29-31,36-39H,20-28H2,1-8H3,(H,49,52)/t30-,31+,36?,37+,38-,39+,44+,45-,46-,47+/m1/s1. The number of carbonyl (C=O) groups is 2. The summed E-state index contributed by atoms with van der Waals surface area (Å²) >= 11 is 0. The van der Waals surface area contributed by atoms with E-state index in [9.17, 15) is 9.59 Å². The second kappa shape index (κ2) is 12.7. The molecule has 0 saturated heterocycles. The molecule has 3 saturated carbocycles. The number of amides is 1. The van der Waals surface area contributed by atoms with E-state index >= 15 is 0 Å². The van der Waals surface area contributed by atoms with Crippen molar-refractivity contribution >= 4 is 11.9 Å². The highest BCUT2D eigenvalue weighted by atomic mass is 16.5. The topological polar surface area (TPSA) is 73.2 Å². The third kappa shape index (κ3) is 5.19. The number of ether oxygens (including phenoxy) is 1. The van der Waals surface area contributed by atoms with Crippen molar-refractivity contribution in [3.8, 4) is 5.69 Å². The smallest absolute Gasteiger partial charge is 0.328 e. The zero-order valence-corrected chi connectivity index (χ0v) is 33.4. The highest BCUT2D eigenvalue weighted by molar-refractivity contribution is 5.89. The zero-order chi connectivity index (χ0) is 37.6. The van der Waals surface area contributed by atoms with Crippen molar-refractivity contribution in [3.63, 3.8) is 0 Å². The van der Waals surface area contributed by atoms with Crippen molar-refractivity contribution in [2.24, 2.45) is 51.2 Å². The number of aromatic nitrogens is 2. The fourth-order valence-electron chi connectivity index (χ4n) is 13.7. The Kier molecular flexibility index (Phi) is 8.70. The highest BCUT2D eigenvalue weighted by Gasteiger charge is 2.69. The molecular formula is C47H61N3O3. The maximum absolute atomic E-state index is 14.9. The number of allylic oxidation sites excluding steroid dienone is 2. The lowest BCUT2D eigenvalue weighted by molar-refractivity contribution is -0.170. The Morgan fingerprint density at radius 3 is 2.30 bits per heavy atom. The van der Waals surface area contributed by atoms with Crippen LogP contribution in [-0.4, -0.2) is 34.8 Å². The van der Waals surface area contributed by atoms with E-state index in [-0.39, 0.29) is 39.5 Å². The average Bonchev–Trinajstić information content (AvgIpc) is 3.58. The monoisotopic (exact) mass is 715 g/mol. The van der Waals surface area contributed by atoms with Crippen molar-refractivity contribution in [1.29, 1.82) is 0 Å². The second-order valence-electron chi connectivity index (χ2n) is 19.2. The maximum Gasteiger partial charge on any atom is 0.328 e. The predicted molar refractivity (Wildman–Crippen MR) is 210 cm³/mol. The third-order valence-electron chi connectivity index (χ3n) is 16.7. The first-order chi connectivity index (χ1) is 25.2. The van der Waals surface area contributed by atoms with E-state index in [0.717, 1.165) is 49.8 Å². The molecule has 53 heavy (non-hydrogen) atoms. The number of hydrogen-bond donors (Lipinski definition) is 1. The predicted octanol–water partition coefficient (Wildman–Crippen LogP) is 9.44. The van der Waals surface area contributed by atoms with Crippen LogP contribution in [0.25, 0.3) is 5.69 Å². The summed E-state index contributed by atoms with van der Waals surface area (Å²) in [6, 6.07) is 19.9. The van der Waals surface area contributed by atoms with Crippen LogP contribution in [0.1, 0.15) is 110 Å². The SMILES string of the molecule is COC(=O)C(Cc1ccccc1)NC(=O)[C@]12CC[C@@H](C)[C@H](C)[C@H]1C1=CC[C@@H]3[C@@]4(C)Cc5cnn(-c6ccccc6)c5C(C)(C)[C@@H]4CC[C@@]3(C)[C@]1(C)CC2. The number of nitrogens with zero attached hydrogens (tertiary/aromatic N) is 2. The molecule has 3 fully saturated rings. The lowest BCUT2D eigenvalue weighted by atomic mass is 9.33. The lowest BCUT2D eigenvalue weighted by Crippen LogP contribution is -2.66. The first-order valence-corrected chi connectivity index (χ1v) is 20.5.